The van der Waals surface area contributed by atoms with Gasteiger partial charge in [-0.2, -0.15) is 0 Å². The van der Waals surface area contributed by atoms with Crippen LogP contribution in [0.5, 0.6) is 0 Å². The molecule has 3 rings (SSSR count). The lowest BCUT2D eigenvalue weighted by atomic mass is 9.83. The normalized spacial score (nSPS) is 16.9. The average Bonchev–Trinajstić information content (AvgIpc) is 2.81. The number of hydrogen-bond donors (Lipinski definition) is 1. The molecule has 34 heavy (non-hydrogen) atoms. The number of halogens is 1. The minimum absolute atomic E-state index is 0.0170. The first-order valence-corrected chi connectivity index (χ1v) is 11.6. The summed E-state index contributed by atoms with van der Waals surface area (Å²) in [7, 11) is 0. The Labute approximate surface area is 199 Å². The largest absolute Gasteiger partial charge is 0.463 e. The average molecular weight is 467 g/mol. The number of benzene rings is 2. The number of rotatable bonds is 8. The van der Waals surface area contributed by atoms with Crippen LogP contribution in [0.15, 0.2) is 59.8 Å². The smallest absolute Gasteiger partial charge is 0.336 e. The highest BCUT2D eigenvalue weighted by molar-refractivity contribution is 5.96. The highest BCUT2D eigenvalue weighted by atomic mass is 19.1. The molecule has 0 saturated heterocycles. The van der Waals surface area contributed by atoms with Crippen LogP contribution in [0.4, 0.5) is 4.39 Å². The van der Waals surface area contributed by atoms with Crippen LogP contribution in [0, 0.1) is 5.82 Å². The molecule has 2 aromatic carbocycles. The van der Waals surface area contributed by atoms with E-state index >= 15 is 0 Å². The fourth-order valence-corrected chi connectivity index (χ4v) is 4.09. The quantitative estimate of drug-likeness (QED) is 0.572. The SMILES string of the molecule is CCOC(=O)C1=C(C)N(Cc2cccc(C(=O)NC(C)CC)c2)C(=O)CC1c1cccc(F)c1. The molecule has 0 radical (unpaired) electrons. The Bertz CT molecular complexity index is 1110. The van der Waals surface area contributed by atoms with E-state index in [1.54, 1.807) is 44.2 Å². The van der Waals surface area contributed by atoms with Gasteiger partial charge in [0.1, 0.15) is 5.82 Å². The van der Waals surface area contributed by atoms with Crippen molar-refractivity contribution in [1.29, 1.82) is 0 Å². The predicted molar refractivity (Wildman–Crippen MR) is 127 cm³/mol. The van der Waals surface area contributed by atoms with Crippen molar-refractivity contribution in [3.8, 4) is 0 Å². The third-order valence-electron chi connectivity index (χ3n) is 6.09. The number of carbonyl (C=O) groups is 3. The second-order valence-electron chi connectivity index (χ2n) is 8.49. The third-order valence-corrected chi connectivity index (χ3v) is 6.09. The van der Waals surface area contributed by atoms with Gasteiger partial charge in [-0.15, -0.1) is 0 Å². The topological polar surface area (TPSA) is 75.7 Å². The number of nitrogens with zero attached hydrogens (tertiary/aromatic N) is 1. The van der Waals surface area contributed by atoms with Crippen LogP contribution in [0.2, 0.25) is 0 Å². The van der Waals surface area contributed by atoms with Gasteiger partial charge in [0.2, 0.25) is 5.91 Å². The van der Waals surface area contributed by atoms with Gasteiger partial charge in [0.15, 0.2) is 0 Å². The third kappa shape index (κ3) is 5.71. The Morgan fingerprint density at radius 3 is 2.59 bits per heavy atom. The molecule has 2 atom stereocenters. The van der Waals surface area contributed by atoms with Gasteiger partial charge in [0.25, 0.3) is 5.91 Å². The number of nitrogens with one attached hydrogen (secondary N) is 1. The first kappa shape index (κ1) is 25.1. The molecule has 2 amide bonds. The van der Waals surface area contributed by atoms with Gasteiger partial charge in [-0.3, -0.25) is 9.59 Å². The minimum atomic E-state index is -0.592. The molecule has 0 bridgehead atoms. The fourth-order valence-electron chi connectivity index (χ4n) is 4.09. The van der Waals surface area contributed by atoms with E-state index in [9.17, 15) is 18.8 Å². The van der Waals surface area contributed by atoms with Crippen molar-refractivity contribution in [3.63, 3.8) is 0 Å². The summed E-state index contributed by atoms with van der Waals surface area (Å²) in [6.45, 7) is 7.74. The maximum atomic E-state index is 13.9. The minimum Gasteiger partial charge on any atom is -0.463 e. The number of carbonyl (C=O) groups excluding carboxylic acids is 3. The van der Waals surface area contributed by atoms with E-state index in [1.807, 2.05) is 19.9 Å². The Morgan fingerprint density at radius 2 is 1.91 bits per heavy atom. The van der Waals surface area contributed by atoms with Crippen molar-refractivity contribution < 1.29 is 23.5 Å². The molecular weight excluding hydrogens is 435 g/mol. The summed E-state index contributed by atoms with van der Waals surface area (Å²) >= 11 is 0. The molecule has 1 N–H and O–H groups in total. The van der Waals surface area contributed by atoms with Crippen LogP contribution in [0.25, 0.3) is 0 Å². The molecule has 7 heteroatoms. The summed E-state index contributed by atoms with van der Waals surface area (Å²) in [6.07, 6.45) is 0.837. The van der Waals surface area contributed by atoms with Crippen LogP contribution in [-0.2, 0) is 20.9 Å². The van der Waals surface area contributed by atoms with Crippen LogP contribution in [0.1, 0.15) is 67.9 Å². The van der Waals surface area contributed by atoms with E-state index in [0.29, 0.717) is 22.4 Å². The Kier molecular flexibility index (Phi) is 8.21. The van der Waals surface area contributed by atoms with Crippen molar-refractivity contribution in [2.24, 2.45) is 0 Å². The molecule has 2 aromatic rings. The molecule has 0 fully saturated rings. The van der Waals surface area contributed by atoms with E-state index in [1.165, 1.54) is 17.0 Å². The van der Waals surface area contributed by atoms with Gasteiger partial charge in [0, 0.05) is 29.6 Å². The second kappa shape index (κ2) is 11.1. The molecule has 1 heterocycles. The molecule has 1 aliphatic rings. The van der Waals surface area contributed by atoms with E-state index in [-0.39, 0.29) is 37.4 Å². The molecule has 6 nitrogen and oxygen atoms in total. The summed E-state index contributed by atoms with van der Waals surface area (Å²) < 4.78 is 19.2. The maximum Gasteiger partial charge on any atom is 0.336 e. The van der Waals surface area contributed by atoms with Crippen molar-refractivity contribution in [2.75, 3.05) is 6.61 Å². The van der Waals surface area contributed by atoms with Crippen LogP contribution in [0.3, 0.4) is 0 Å². The first-order chi connectivity index (χ1) is 16.2. The van der Waals surface area contributed by atoms with Crippen LogP contribution >= 0.6 is 0 Å². The van der Waals surface area contributed by atoms with Crippen LogP contribution in [-0.4, -0.2) is 35.3 Å². The number of esters is 1. The van der Waals surface area contributed by atoms with Gasteiger partial charge in [-0.1, -0.05) is 31.2 Å². The summed E-state index contributed by atoms with van der Waals surface area (Å²) in [6, 6.07) is 13.1. The Hall–Kier alpha value is -3.48. The van der Waals surface area contributed by atoms with E-state index in [2.05, 4.69) is 5.32 Å². The summed E-state index contributed by atoms with van der Waals surface area (Å²) in [5.41, 5.74) is 2.64. The van der Waals surface area contributed by atoms with E-state index < -0.39 is 17.7 Å². The molecule has 0 aromatic heterocycles. The lowest BCUT2D eigenvalue weighted by Crippen LogP contribution is -2.38. The summed E-state index contributed by atoms with van der Waals surface area (Å²) in [5.74, 6) is -1.90. The molecule has 2 unspecified atom stereocenters. The van der Waals surface area contributed by atoms with Gasteiger partial charge in [0.05, 0.1) is 18.7 Å². The first-order valence-electron chi connectivity index (χ1n) is 11.6. The molecule has 180 valence electrons. The van der Waals surface area contributed by atoms with Crippen molar-refractivity contribution in [2.45, 2.75) is 59.0 Å². The van der Waals surface area contributed by atoms with Crippen molar-refractivity contribution in [3.05, 3.63) is 82.3 Å². The van der Waals surface area contributed by atoms with Gasteiger partial charge >= 0.3 is 5.97 Å². The standard InChI is InChI=1S/C27H31FN2O4/c1-5-17(3)29-26(32)21-11-7-9-19(13-21)16-30-18(4)25(27(33)34-6-2)23(15-24(30)31)20-10-8-12-22(28)14-20/h7-14,17,23H,5-6,15-16H2,1-4H3,(H,29,32). The Morgan fingerprint density at radius 1 is 1.18 bits per heavy atom. The molecule has 0 saturated carbocycles. The van der Waals surface area contributed by atoms with Gasteiger partial charge < -0.3 is 15.0 Å². The second-order valence-corrected chi connectivity index (χ2v) is 8.49. The molecule has 0 spiro atoms. The van der Waals surface area contributed by atoms with E-state index in [4.69, 9.17) is 4.74 Å². The van der Waals surface area contributed by atoms with Crippen molar-refractivity contribution in [1.82, 2.24) is 10.2 Å². The summed E-state index contributed by atoms with van der Waals surface area (Å²) in [5, 5.41) is 2.94. The summed E-state index contributed by atoms with van der Waals surface area (Å²) in [4.78, 5) is 40.1. The predicted octanol–water partition coefficient (Wildman–Crippen LogP) is 4.71. The maximum absolute atomic E-state index is 13.9. The molecular formula is C27H31FN2O4. The monoisotopic (exact) mass is 466 g/mol. The van der Waals surface area contributed by atoms with Crippen molar-refractivity contribution >= 4 is 17.8 Å². The highest BCUT2D eigenvalue weighted by Crippen LogP contribution is 2.38. The number of ether oxygens (including phenoxy) is 1. The zero-order valence-corrected chi connectivity index (χ0v) is 20.1. The highest BCUT2D eigenvalue weighted by Gasteiger charge is 2.37. The van der Waals surface area contributed by atoms with E-state index in [0.717, 1.165) is 12.0 Å². The molecule has 0 aliphatic carbocycles. The van der Waals surface area contributed by atoms with Gasteiger partial charge in [-0.05, 0) is 62.6 Å². The number of hydrogen-bond acceptors (Lipinski definition) is 4. The zero-order chi connectivity index (χ0) is 24.8. The lowest BCUT2D eigenvalue weighted by Gasteiger charge is -2.34. The van der Waals surface area contributed by atoms with Gasteiger partial charge in [-0.25, -0.2) is 9.18 Å². The Balaban J connectivity index is 1.94. The van der Waals surface area contributed by atoms with Crippen LogP contribution < -0.4 is 5.32 Å². The number of amides is 2. The lowest BCUT2D eigenvalue weighted by molar-refractivity contribution is -0.140. The molecule has 1 aliphatic heterocycles. The number of allylic oxidation sites excluding steroid dienone is 1. The zero-order valence-electron chi connectivity index (χ0n) is 20.1. The fraction of sp³-hybridized carbons (Fsp3) is 0.370.